The lowest BCUT2D eigenvalue weighted by molar-refractivity contribution is -0.181. The molecule has 30 heavy (non-hydrogen) atoms. The Balaban J connectivity index is 1.40. The van der Waals surface area contributed by atoms with E-state index >= 15 is 0 Å². The minimum Gasteiger partial charge on any atom is -0.443 e. The van der Waals surface area contributed by atoms with Gasteiger partial charge in [0.05, 0.1) is 43.2 Å². The van der Waals surface area contributed by atoms with Gasteiger partial charge in [0.15, 0.2) is 0 Å². The third-order valence-electron chi connectivity index (χ3n) is 5.00. The maximum Gasteiger partial charge on any atom is 0.414 e. The van der Waals surface area contributed by atoms with Gasteiger partial charge in [0.1, 0.15) is 18.2 Å². The number of aromatic nitrogens is 1. The van der Waals surface area contributed by atoms with Gasteiger partial charge in [-0.05, 0) is 18.2 Å². The summed E-state index contributed by atoms with van der Waals surface area (Å²) in [6, 6.07) is 6.19. The smallest absolute Gasteiger partial charge is 0.414 e. The van der Waals surface area contributed by atoms with Gasteiger partial charge >= 0.3 is 6.09 Å². The number of carbonyl (C=O) groups excluding carboxylic acids is 2. The second-order valence-corrected chi connectivity index (χ2v) is 6.97. The molecule has 0 spiro atoms. The van der Waals surface area contributed by atoms with Gasteiger partial charge in [-0.1, -0.05) is 5.16 Å². The highest BCUT2D eigenvalue weighted by atomic mass is 19.1. The average molecular weight is 419 g/mol. The van der Waals surface area contributed by atoms with E-state index < -0.39 is 18.0 Å². The Morgan fingerprint density at radius 1 is 1.27 bits per heavy atom. The Labute approximate surface area is 171 Å². The molecule has 2 aromatic rings. The molecule has 0 saturated carbocycles. The molecule has 2 saturated heterocycles. The van der Waals surface area contributed by atoms with E-state index in [0.29, 0.717) is 30.2 Å². The number of halogens is 1. The molecular weight excluding hydrogens is 397 g/mol. The van der Waals surface area contributed by atoms with Crippen LogP contribution in [0.5, 0.6) is 0 Å². The first-order chi connectivity index (χ1) is 14.5. The van der Waals surface area contributed by atoms with Crippen molar-refractivity contribution in [2.45, 2.75) is 12.5 Å². The van der Waals surface area contributed by atoms with Crippen LogP contribution >= 0.6 is 0 Å². The number of nitrogens with zero attached hydrogens (tertiary/aromatic N) is 4. The first kappa shape index (κ1) is 20.1. The molecule has 4 rings (SSSR count). The number of hydroxylamine groups is 2. The third-order valence-corrected chi connectivity index (χ3v) is 5.00. The molecular formula is C19H22FN5O5. The van der Waals surface area contributed by atoms with Crippen LogP contribution in [0.3, 0.4) is 0 Å². The predicted octanol–water partition coefficient (Wildman–Crippen LogP) is 0.921. The normalized spacial score (nSPS) is 19.7. The van der Waals surface area contributed by atoms with Gasteiger partial charge in [-0.15, -0.1) is 0 Å². The molecule has 2 N–H and O–H groups in total. The Bertz CT molecular complexity index is 909. The number of ether oxygens (including phenoxy) is 1. The Hall–Kier alpha value is -3.18. The van der Waals surface area contributed by atoms with Gasteiger partial charge in [-0.25, -0.2) is 14.2 Å². The molecule has 2 aliphatic heterocycles. The van der Waals surface area contributed by atoms with Crippen LogP contribution in [-0.4, -0.2) is 67.7 Å². The van der Waals surface area contributed by atoms with Crippen LogP contribution in [0.25, 0.3) is 0 Å². The first-order valence-corrected chi connectivity index (χ1v) is 9.60. The Kier molecular flexibility index (Phi) is 5.81. The quantitative estimate of drug-likeness (QED) is 0.761. The Morgan fingerprint density at radius 2 is 2.13 bits per heavy atom. The van der Waals surface area contributed by atoms with Gasteiger partial charge < -0.3 is 19.9 Å². The van der Waals surface area contributed by atoms with E-state index in [2.05, 4.69) is 5.16 Å². The maximum absolute atomic E-state index is 14.8. The summed E-state index contributed by atoms with van der Waals surface area (Å²) in [5.74, 6) is -0.720. The van der Waals surface area contributed by atoms with Crippen molar-refractivity contribution in [1.82, 2.24) is 10.2 Å². The molecule has 1 atom stereocenters. The van der Waals surface area contributed by atoms with Crippen molar-refractivity contribution in [3.63, 3.8) is 0 Å². The van der Waals surface area contributed by atoms with Crippen molar-refractivity contribution in [3.05, 3.63) is 42.0 Å². The van der Waals surface area contributed by atoms with Gasteiger partial charge in [0.2, 0.25) is 0 Å². The van der Waals surface area contributed by atoms with E-state index in [1.807, 2.05) is 0 Å². The van der Waals surface area contributed by atoms with Crippen LogP contribution < -0.4 is 15.5 Å². The SMILES string of the molecule is NC[C@H]1CN(c2ccc(N3CCON(C(=O)Cc4ccon4)CC3)c(F)c2)C(=O)O1. The summed E-state index contributed by atoms with van der Waals surface area (Å²) in [5, 5.41) is 5.00. The van der Waals surface area contributed by atoms with Crippen LogP contribution in [0, 0.1) is 5.82 Å². The van der Waals surface area contributed by atoms with Crippen LogP contribution in [0.15, 0.2) is 35.1 Å². The molecule has 1 aromatic heterocycles. The van der Waals surface area contributed by atoms with E-state index in [9.17, 15) is 14.0 Å². The molecule has 2 fully saturated rings. The Morgan fingerprint density at radius 3 is 2.83 bits per heavy atom. The number of rotatable bonds is 5. The standard InChI is InChI=1S/C19H22FN5O5/c20-16-10-14(24-12-15(11-21)30-19(24)27)1-2-17(16)23-4-5-25(29-8-6-23)18(26)9-13-3-7-28-22-13/h1-3,7,10,15H,4-6,8-9,11-12,21H2/t15-/m0/s1. The summed E-state index contributed by atoms with van der Waals surface area (Å²) in [6.07, 6.45) is 0.527. The third kappa shape index (κ3) is 4.21. The van der Waals surface area contributed by atoms with Gasteiger partial charge in [0.25, 0.3) is 5.91 Å². The number of hydrogen-bond acceptors (Lipinski definition) is 8. The fourth-order valence-electron chi connectivity index (χ4n) is 3.43. The van der Waals surface area contributed by atoms with Gasteiger partial charge in [-0.3, -0.25) is 14.5 Å². The van der Waals surface area contributed by atoms with E-state index in [1.54, 1.807) is 23.1 Å². The topological polar surface area (TPSA) is 114 Å². The molecule has 0 bridgehead atoms. The average Bonchev–Trinajstić information content (AvgIpc) is 3.30. The summed E-state index contributed by atoms with van der Waals surface area (Å²) >= 11 is 0. The molecule has 10 nitrogen and oxygen atoms in total. The molecule has 0 radical (unpaired) electrons. The molecule has 11 heteroatoms. The van der Waals surface area contributed by atoms with Crippen molar-refractivity contribution >= 4 is 23.4 Å². The lowest BCUT2D eigenvalue weighted by Crippen LogP contribution is -2.35. The lowest BCUT2D eigenvalue weighted by Gasteiger charge is -2.23. The second kappa shape index (κ2) is 8.67. The van der Waals surface area contributed by atoms with E-state index in [-0.39, 0.29) is 38.6 Å². The molecule has 1 aromatic carbocycles. The number of hydrogen-bond donors (Lipinski definition) is 1. The van der Waals surface area contributed by atoms with Crippen molar-refractivity contribution < 1.29 is 28.1 Å². The molecule has 160 valence electrons. The van der Waals surface area contributed by atoms with Crippen molar-refractivity contribution in [1.29, 1.82) is 0 Å². The summed E-state index contributed by atoms with van der Waals surface area (Å²) in [4.78, 5) is 33.0. The zero-order valence-electron chi connectivity index (χ0n) is 16.2. The summed E-state index contributed by atoms with van der Waals surface area (Å²) in [7, 11) is 0. The number of anilines is 2. The lowest BCUT2D eigenvalue weighted by atomic mass is 10.2. The summed E-state index contributed by atoms with van der Waals surface area (Å²) in [5.41, 5.74) is 6.84. The van der Waals surface area contributed by atoms with E-state index in [4.69, 9.17) is 19.8 Å². The zero-order valence-corrected chi connectivity index (χ0v) is 16.2. The molecule has 0 aliphatic carbocycles. The molecule has 2 amide bonds. The maximum atomic E-state index is 14.8. The summed E-state index contributed by atoms with van der Waals surface area (Å²) < 4.78 is 24.7. The number of cyclic esters (lactones) is 1. The van der Waals surface area contributed by atoms with Crippen molar-refractivity contribution in [2.75, 3.05) is 49.1 Å². The monoisotopic (exact) mass is 419 g/mol. The van der Waals surface area contributed by atoms with Gasteiger partial charge in [0, 0.05) is 25.7 Å². The van der Waals surface area contributed by atoms with E-state index in [1.165, 1.54) is 22.3 Å². The predicted molar refractivity (Wildman–Crippen MR) is 103 cm³/mol. The van der Waals surface area contributed by atoms with Crippen LogP contribution in [0.4, 0.5) is 20.6 Å². The number of carbonyl (C=O) groups is 2. The fraction of sp³-hybridized carbons (Fsp3) is 0.421. The largest absolute Gasteiger partial charge is 0.443 e. The number of amides is 2. The van der Waals surface area contributed by atoms with Crippen molar-refractivity contribution in [3.8, 4) is 0 Å². The minimum atomic E-state index is -0.540. The van der Waals surface area contributed by atoms with Crippen molar-refractivity contribution in [2.24, 2.45) is 5.73 Å². The molecule has 3 heterocycles. The number of nitrogens with two attached hydrogens (primary N) is 1. The molecule has 0 unspecified atom stereocenters. The van der Waals surface area contributed by atoms with Gasteiger partial charge in [-0.2, -0.15) is 0 Å². The van der Waals surface area contributed by atoms with E-state index in [0.717, 1.165) is 0 Å². The first-order valence-electron chi connectivity index (χ1n) is 9.60. The highest BCUT2D eigenvalue weighted by Crippen LogP contribution is 2.28. The van der Waals surface area contributed by atoms with Crippen LogP contribution in [-0.2, 0) is 20.8 Å². The second-order valence-electron chi connectivity index (χ2n) is 6.97. The minimum absolute atomic E-state index is 0.0648. The highest BCUT2D eigenvalue weighted by Gasteiger charge is 2.32. The summed E-state index contributed by atoms with van der Waals surface area (Å²) in [6.45, 7) is 1.79. The zero-order chi connectivity index (χ0) is 21.1. The van der Waals surface area contributed by atoms with Crippen LogP contribution in [0.1, 0.15) is 5.69 Å². The fourth-order valence-corrected chi connectivity index (χ4v) is 3.43. The number of benzene rings is 1. The van der Waals surface area contributed by atoms with Crippen LogP contribution in [0.2, 0.25) is 0 Å². The molecule has 2 aliphatic rings. The highest BCUT2D eigenvalue weighted by molar-refractivity contribution is 5.90.